The largest absolute Gasteiger partial charge is 0.496 e. The SMILES string of the molecule is COc1cc(NC(=O)CCCC(=O)N(C)c2ccccc2)c(Cl)cc1C(=O)O. The number of anilines is 2. The third-order valence-corrected chi connectivity index (χ3v) is 4.42. The molecule has 28 heavy (non-hydrogen) atoms. The molecule has 2 rings (SSSR count). The topological polar surface area (TPSA) is 95.9 Å². The van der Waals surface area contributed by atoms with Gasteiger partial charge in [0.1, 0.15) is 11.3 Å². The number of rotatable bonds is 8. The molecular weight excluding hydrogens is 384 g/mol. The van der Waals surface area contributed by atoms with E-state index in [4.69, 9.17) is 21.4 Å². The molecule has 0 atom stereocenters. The average Bonchev–Trinajstić information content (AvgIpc) is 2.69. The summed E-state index contributed by atoms with van der Waals surface area (Å²) in [5, 5.41) is 11.8. The van der Waals surface area contributed by atoms with E-state index in [1.807, 2.05) is 30.3 Å². The van der Waals surface area contributed by atoms with Crippen molar-refractivity contribution >= 4 is 40.8 Å². The van der Waals surface area contributed by atoms with Crippen LogP contribution in [0.3, 0.4) is 0 Å². The summed E-state index contributed by atoms with van der Waals surface area (Å²) < 4.78 is 5.02. The number of amides is 2. The number of benzene rings is 2. The first kappa shape index (κ1) is 21.2. The smallest absolute Gasteiger partial charge is 0.339 e. The molecule has 0 saturated heterocycles. The Labute approximate surface area is 167 Å². The molecule has 148 valence electrons. The van der Waals surface area contributed by atoms with E-state index >= 15 is 0 Å². The van der Waals surface area contributed by atoms with E-state index in [0.717, 1.165) is 5.69 Å². The van der Waals surface area contributed by atoms with Gasteiger partial charge >= 0.3 is 5.97 Å². The highest BCUT2D eigenvalue weighted by molar-refractivity contribution is 6.34. The minimum absolute atomic E-state index is 0.0893. The molecule has 8 heteroatoms. The quantitative estimate of drug-likeness (QED) is 0.697. The standard InChI is InChI=1S/C20H21ClN2O5/c1-23(13-7-4-3-5-8-13)19(25)10-6-9-18(24)22-16-12-17(28-2)14(20(26)27)11-15(16)21/h3-5,7-8,11-12H,6,9-10H2,1-2H3,(H,22,24)(H,26,27). The van der Waals surface area contributed by atoms with E-state index in [2.05, 4.69) is 5.32 Å². The summed E-state index contributed by atoms with van der Waals surface area (Å²) in [4.78, 5) is 37.1. The number of hydrogen-bond acceptors (Lipinski definition) is 4. The second-order valence-corrected chi connectivity index (χ2v) is 6.43. The fourth-order valence-electron chi connectivity index (χ4n) is 2.56. The Morgan fingerprint density at radius 2 is 1.82 bits per heavy atom. The van der Waals surface area contributed by atoms with Gasteiger partial charge in [0, 0.05) is 31.6 Å². The normalized spacial score (nSPS) is 10.2. The van der Waals surface area contributed by atoms with E-state index in [1.165, 1.54) is 19.2 Å². The lowest BCUT2D eigenvalue weighted by Gasteiger charge is -2.17. The molecule has 2 amide bonds. The molecule has 2 N–H and O–H groups in total. The van der Waals surface area contributed by atoms with E-state index in [9.17, 15) is 14.4 Å². The van der Waals surface area contributed by atoms with Crippen molar-refractivity contribution in [1.82, 2.24) is 0 Å². The molecule has 0 unspecified atom stereocenters. The van der Waals surface area contributed by atoms with Crippen LogP contribution in [0.4, 0.5) is 11.4 Å². The summed E-state index contributed by atoms with van der Waals surface area (Å²) in [5.41, 5.74) is 0.940. The second kappa shape index (κ2) is 9.75. The zero-order valence-corrected chi connectivity index (χ0v) is 16.3. The molecule has 0 radical (unpaired) electrons. The number of hydrogen-bond donors (Lipinski definition) is 2. The predicted octanol–water partition coefficient (Wildman–Crippen LogP) is 3.82. The van der Waals surface area contributed by atoms with Gasteiger partial charge < -0.3 is 20.1 Å². The van der Waals surface area contributed by atoms with Gasteiger partial charge in [-0.1, -0.05) is 29.8 Å². The fourth-order valence-corrected chi connectivity index (χ4v) is 2.77. The molecule has 0 aromatic heterocycles. The van der Waals surface area contributed by atoms with Gasteiger partial charge in [-0.3, -0.25) is 9.59 Å². The number of carbonyl (C=O) groups excluding carboxylic acids is 2. The van der Waals surface area contributed by atoms with Crippen molar-refractivity contribution < 1.29 is 24.2 Å². The number of carboxylic acid groups (broad SMARTS) is 1. The molecule has 2 aromatic rings. The number of carboxylic acids is 1. The Kier molecular flexibility index (Phi) is 7.40. The first-order chi connectivity index (χ1) is 13.3. The minimum Gasteiger partial charge on any atom is -0.496 e. The molecule has 0 aliphatic carbocycles. The summed E-state index contributed by atoms with van der Waals surface area (Å²) in [6.45, 7) is 0. The Bertz CT molecular complexity index is 870. The van der Waals surface area contributed by atoms with Crippen molar-refractivity contribution in [2.24, 2.45) is 0 Å². The molecule has 0 bridgehead atoms. The van der Waals surface area contributed by atoms with E-state index in [-0.39, 0.29) is 46.7 Å². The van der Waals surface area contributed by atoms with Gasteiger partial charge in [-0.15, -0.1) is 0 Å². The highest BCUT2D eigenvalue weighted by Crippen LogP contribution is 2.31. The Hall–Kier alpha value is -3.06. The number of methoxy groups -OCH3 is 1. The lowest BCUT2D eigenvalue weighted by molar-refractivity contribution is -0.118. The average molecular weight is 405 g/mol. The lowest BCUT2D eigenvalue weighted by atomic mass is 10.1. The van der Waals surface area contributed by atoms with E-state index < -0.39 is 5.97 Å². The van der Waals surface area contributed by atoms with Crippen LogP contribution in [0.25, 0.3) is 0 Å². The van der Waals surface area contributed by atoms with Crippen LogP contribution in [0.1, 0.15) is 29.6 Å². The van der Waals surface area contributed by atoms with Crippen molar-refractivity contribution in [3.63, 3.8) is 0 Å². The fraction of sp³-hybridized carbons (Fsp3) is 0.250. The molecule has 2 aromatic carbocycles. The lowest BCUT2D eigenvalue weighted by Crippen LogP contribution is -2.26. The van der Waals surface area contributed by atoms with Crippen LogP contribution in [-0.4, -0.2) is 37.0 Å². The monoisotopic (exact) mass is 404 g/mol. The van der Waals surface area contributed by atoms with Gasteiger partial charge in [-0.05, 0) is 24.6 Å². The molecule has 0 aliphatic heterocycles. The molecule has 0 aliphatic rings. The number of aromatic carboxylic acids is 1. The predicted molar refractivity (Wildman–Crippen MR) is 107 cm³/mol. The summed E-state index contributed by atoms with van der Waals surface area (Å²) in [6.07, 6.45) is 0.700. The van der Waals surface area contributed by atoms with Crippen molar-refractivity contribution in [2.75, 3.05) is 24.4 Å². The van der Waals surface area contributed by atoms with Crippen LogP contribution in [0.15, 0.2) is 42.5 Å². The van der Waals surface area contributed by atoms with Crippen molar-refractivity contribution in [3.05, 3.63) is 53.1 Å². The molecule has 0 saturated carbocycles. The summed E-state index contributed by atoms with van der Waals surface area (Å²) in [7, 11) is 3.02. The zero-order chi connectivity index (χ0) is 20.7. The molecule has 7 nitrogen and oxygen atoms in total. The maximum Gasteiger partial charge on any atom is 0.339 e. The highest BCUT2D eigenvalue weighted by Gasteiger charge is 2.17. The van der Waals surface area contributed by atoms with Gasteiger partial charge in [-0.2, -0.15) is 0 Å². The van der Waals surface area contributed by atoms with E-state index in [0.29, 0.717) is 6.42 Å². The number of para-hydroxylation sites is 1. The summed E-state index contributed by atoms with van der Waals surface area (Å²) in [6, 6.07) is 11.8. The molecule has 0 spiro atoms. The van der Waals surface area contributed by atoms with Gasteiger partial charge in [0.15, 0.2) is 0 Å². The summed E-state index contributed by atoms with van der Waals surface area (Å²) >= 11 is 6.05. The first-order valence-electron chi connectivity index (χ1n) is 8.55. The van der Waals surface area contributed by atoms with Crippen molar-refractivity contribution in [1.29, 1.82) is 0 Å². The first-order valence-corrected chi connectivity index (χ1v) is 8.93. The van der Waals surface area contributed by atoms with Crippen LogP contribution in [0, 0.1) is 0 Å². The zero-order valence-electron chi connectivity index (χ0n) is 15.6. The minimum atomic E-state index is -1.18. The van der Waals surface area contributed by atoms with Gasteiger partial charge in [0.05, 0.1) is 17.8 Å². The Morgan fingerprint density at radius 3 is 2.43 bits per heavy atom. The van der Waals surface area contributed by atoms with E-state index in [1.54, 1.807) is 11.9 Å². The number of nitrogens with zero attached hydrogens (tertiary/aromatic N) is 1. The highest BCUT2D eigenvalue weighted by atomic mass is 35.5. The molecule has 0 fully saturated rings. The van der Waals surface area contributed by atoms with Crippen LogP contribution in [-0.2, 0) is 9.59 Å². The number of halogens is 1. The summed E-state index contributed by atoms with van der Waals surface area (Å²) in [5.74, 6) is -1.52. The van der Waals surface area contributed by atoms with Gasteiger partial charge in [0.25, 0.3) is 0 Å². The Balaban J connectivity index is 1.91. The van der Waals surface area contributed by atoms with Crippen molar-refractivity contribution in [2.45, 2.75) is 19.3 Å². The van der Waals surface area contributed by atoms with Crippen LogP contribution in [0.5, 0.6) is 5.75 Å². The Morgan fingerprint density at radius 1 is 1.14 bits per heavy atom. The number of nitrogens with one attached hydrogen (secondary N) is 1. The molecular formula is C20H21ClN2O5. The molecule has 0 heterocycles. The number of ether oxygens (including phenoxy) is 1. The van der Waals surface area contributed by atoms with Crippen LogP contribution in [0.2, 0.25) is 5.02 Å². The number of carbonyl (C=O) groups is 3. The van der Waals surface area contributed by atoms with Crippen LogP contribution >= 0.6 is 11.6 Å². The maximum absolute atomic E-state index is 12.2. The van der Waals surface area contributed by atoms with Gasteiger partial charge in [-0.25, -0.2) is 4.79 Å². The van der Waals surface area contributed by atoms with Crippen LogP contribution < -0.4 is 15.0 Å². The third kappa shape index (κ3) is 5.47. The van der Waals surface area contributed by atoms with Gasteiger partial charge in [0.2, 0.25) is 11.8 Å². The maximum atomic E-state index is 12.2. The van der Waals surface area contributed by atoms with Crippen molar-refractivity contribution in [3.8, 4) is 5.75 Å². The third-order valence-electron chi connectivity index (χ3n) is 4.11. The second-order valence-electron chi connectivity index (χ2n) is 6.03.